The monoisotopic (exact) mass is 544 g/mol. The van der Waals surface area contributed by atoms with E-state index in [0.29, 0.717) is 18.6 Å². The largest absolute Gasteiger partial charge is 0.385 e. The Bertz CT molecular complexity index is 719. The summed E-state index contributed by atoms with van der Waals surface area (Å²) in [7, 11) is 1.77. The Hall–Kier alpha value is -1.39. The number of halogens is 1. The fraction of sp³-hybridized carbons (Fsp3) is 0.652. The summed E-state index contributed by atoms with van der Waals surface area (Å²) in [5, 5.41) is 9.82. The number of anilines is 1. The molecule has 7 nitrogen and oxygen atoms in total. The highest BCUT2D eigenvalue weighted by atomic mass is 127. The van der Waals surface area contributed by atoms with Crippen LogP contribution < -0.4 is 16.0 Å². The molecule has 174 valence electrons. The quantitative estimate of drug-likeness (QED) is 0.238. The highest BCUT2D eigenvalue weighted by Gasteiger charge is 2.36. The third-order valence-electron chi connectivity index (χ3n) is 6.06. The lowest BCUT2D eigenvalue weighted by Crippen LogP contribution is -2.46. The number of hydrogen-bond acceptors (Lipinski definition) is 4. The third-order valence-corrected chi connectivity index (χ3v) is 6.06. The van der Waals surface area contributed by atoms with Crippen molar-refractivity contribution in [3.05, 3.63) is 29.8 Å². The van der Waals surface area contributed by atoms with Crippen LogP contribution in [0.15, 0.2) is 29.3 Å². The molecular formula is C23H37IN4O3. The van der Waals surface area contributed by atoms with Crippen molar-refractivity contribution in [1.29, 1.82) is 0 Å². The number of rotatable bonds is 10. The maximum Gasteiger partial charge on any atom is 0.253 e. The van der Waals surface area contributed by atoms with E-state index in [1.54, 1.807) is 7.11 Å². The molecule has 1 unspecified atom stereocenters. The molecule has 1 saturated heterocycles. The van der Waals surface area contributed by atoms with E-state index < -0.39 is 0 Å². The first-order chi connectivity index (χ1) is 14.6. The number of nitrogens with one attached hydrogen (secondary N) is 3. The van der Waals surface area contributed by atoms with Crippen molar-refractivity contribution in [2.45, 2.75) is 58.1 Å². The molecule has 2 fully saturated rings. The third kappa shape index (κ3) is 7.91. The van der Waals surface area contributed by atoms with Gasteiger partial charge in [0.15, 0.2) is 5.96 Å². The van der Waals surface area contributed by atoms with E-state index in [1.807, 2.05) is 24.3 Å². The van der Waals surface area contributed by atoms with E-state index in [0.717, 1.165) is 56.2 Å². The average molecular weight is 544 g/mol. The Morgan fingerprint density at radius 1 is 1.29 bits per heavy atom. The van der Waals surface area contributed by atoms with Crippen molar-refractivity contribution in [3.8, 4) is 0 Å². The summed E-state index contributed by atoms with van der Waals surface area (Å²) in [4.78, 5) is 17.0. The predicted molar refractivity (Wildman–Crippen MR) is 135 cm³/mol. The standard InChI is InChI=1S/C23H36N4O3.HI/c1-3-24-22(26-17-23(10-6-11-23)12-14-29-2)25-16-18-7-4-8-19(15-18)27-21(28)20-9-5-13-30-20;/h4,7-8,15,20H,3,5-6,9-14,16-17H2,1-2H3,(H,27,28)(H2,24,25,26);1H. The van der Waals surface area contributed by atoms with Crippen LogP contribution in [0.4, 0.5) is 5.69 Å². The molecule has 1 aliphatic carbocycles. The lowest BCUT2D eigenvalue weighted by Gasteiger charge is -2.42. The van der Waals surface area contributed by atoms with Crippen LogP contribution in [0.1, 0.15) is 51.0 Å². The van der Waals surface area contributed by atoms with E-state index in [1.165, 1.54) is 19.3 Å². The molecule has 1 aromatic carbocycles. The van der Waals surface area contributed by atoms with Crippen LogP contribution in [0, 0.1) is 5.41 Å². The summed E-state index contributed by atoms with van der Waals surface area (Å²) in [5.41, 5.74) is 2.17. The van der Waals surface area contributed by atoms with Gasteiger partial charge in [0.2, 0.25) is 0 Å². The first-order valence-corrected chi connectivity index (χ1v) is 11.2. The minimum absolute atomic E-state index is 0. The van der Waals surface area contributed by atoms with Gasteiger partial charge in [-0.25, -0.2) is 4.99 Å². The minimum Gasteiger partial charge on any atom is -0.385 e. The lowest BCUT2D eigenvalue weighted by atomic mass is 9.67. The molecule has 1 amide bonds. The molecule has 0 spiro atoms. The Morgan fingerprint density at radius 3 is 2.77 bits per heavy atom. The number of ether oxygens (including phenoxy) is 2. The van der Waals surface area contributed by atoms with Crippen molar-refractivity contribution in [3.63, 3.8) is 0 Å². The first kappa shape index (κ1) is 25.9. The van der Waals surface area contributed by atoms with Crippen molar-refractivity contribution in [2.24, 2.45) is 10.4 Å². The van der Waals surface area contributed by atoms with Crippen LogP contribution in [0.5, 0.6) is 0 Å². The van der Waals surface area contributed by atoms with Crippen LogP contribution in [0.25, 0.3) is 0 Å². The van der Waals surface area contributed by atoms with Gasteiger partial charge < -0.3 is 25.4 Å². The number of amides is 1. The Morgan fingerprint density at radius 2 is 2.13 bits per heavy atom. The molecule has 2 aliphatic rings. The van der Waals surface area contributed by atoms with Crippen molar-refractivity contribution < 1.29 is 14.3 Å². The summed E-state index contributed by atoms with van der Waals surface area (Å²) < 4.78 is 10.8. The summed E-state index contributed by atoms with van der Waals surface area (Å²) in [5.74, 6) is 0.764. The highest BCUT2D eigenvalue weighted by Crippen LogP contribution is 2.43. The molecule has 31 heavy (non-hydrogen) atoms. The maximum absolute atomic E-state index is 12.3. The van der Waals surface area contributed by atoms with Gasteiger partial charge in [0.25, 0.3) is 5.91 Å². The first-order valence-electron chi connectivity index (χ1n) is 11.2. The smallest absolute Gasteiger partial charge is 0.253 e. The van der Waals surface area contributed by atoms with Gasteiger partial charge >= 0.3 is 0 Å². The van der Waals surface area contributed by atoms with E-state index >= 15 is 0 Å². The second-order valence-electron chi connectivity index (χ2n) is 8.34. The van der Waals surface area contributed by atoms with Gasteiger partial charge in [0.05, 0.1) is 6.54 Å². The van der Waals surface area contributed by atoms with Crippen molar-refractivity contribution in [2.75, 3.05) is 38.7 Å². The SMILES string of the molecule is CCNC(=NCc1cccc(NC(=O)C2CCCO2)c1)NCC1(CCOC)CCC1.I. The maximum atomic E-state index is 12.3. The molecule has 3 N–H and O–H groups in total. The second-order valence-corrected chi connectivity index (χ2v) is 8.34. The molecule has 1 aromatic rings. The topological polar surface area (TPSA) is 84.0 Å². The minimum atomic E-state index is -0.326. The Kier molecular flexibility index (Phi) is 11.0. The van der Waals surface area contributed by atoms with Crippen LogP contribution in [-0.2, 0) is 20.8 Å². The number of methoxy groups -OCH3 is 1. The zero-order valence-corrected chi connectivity index (χ0v) is 21.1. The molecule has 3 rings (SSSR count). The van der Waals surface area contributed by atoms with Gasteiger partial charge in [-0.05, 0) is 62.1 Å². The zero-order valence-electron chi connectivity index (χ0n) is 18.7. The molecule has 8 heteroatoms. The molecular weight excluding hydrogens is 507 g/mol. The molecule has 1 aliphatic heterocycles. The van der Waals surface area contributed by atoms with Gasteiger partial charge in [0.1, 0.15) is 6.10 Å². The van der Waals surface area contributed by atoms with Crippen LogP contribution in [0.3, 0.4) is 0 Å². The average Bonchev–Trinajstić information content (AvgIpc) is 3.26. The molecule has 0 bridgehead atoms. The summed E-state index contributed by atoms with van der Waals surface area (Å²) in [6.45, 7) is 5.82. The van der Waals surface area contributed by atoms with E-state index in [4.69, 9.17) is 14.5 Å². The Balaban J connectivity index is 0.00000341. The van der Waals surface area contributed by atoms with E-state index in [9.17, 15) is 4.79 Å². The number of carbonyl (C=O) groups excluding carboxylic acids is 1. The fourth-order valence-electron chi connectivity index (χ4n) is 4.05. The van der Waals surface area contributed by atoms with Gasteiger partial charge in [-0.15, -0.1) is 24.0 Å². The normalized spacial score (nSPS) is 19.8. The van der Waals surface area contributed by atoms with Gasteiger partial charge in [0, 0.05) is 39.1 Å². The van der Waals surface area contributed by atoms with Gasteiger partial charge in [-0.1, -0.05) is 18.6 Å². The number of carbonyl (C=O) groups is 1. The van der Waals surface area contributed by atoms with Crippen LogP contribution >= 0.6 is 24.0 Å². The van der Waals surface area contributed by atoms with Crippen LogP contribution in [0.2, 0.25) is 0 Å². The summed E-state index contributed by atoms with van der Waals surface area (Å²) in [6, 6.07) is 7.86. The molecule has 0 aromatic heterocycles. The Labute approximate surface area is 203 Å². The lowest BCUT2D eigenvalue weighted by molar-refractivity contribution is -0.124. The number of nitrogens with zero attached hydrogens (tertiary/aromatic N) is 1. The molecule has 1 saturated carbocycles. The highest BCUT2D eigenvalue weighted by molar-refractivity contribution is 14.0. The van der Waals surface area contributed by atoms with Gasteiger partial charge in [-0.3, -0.25) is 4.79 Å². The zero-order chi connectivity index (χ0) is 21.2. The molecule has 0 radical (unpaired) electrons. The number of benzene rings is 1. The van der Waals surface area contributed by atoms with Gasteiger partial charge in [-0.2, -0.15) is 0 Å². The van der Waals surface area contributed by atoms with Crippen LogP contribution in [-0.4, -0.2) is 51.4 Å². The second kappa shape index (κ2) is 13.2. The summed E-state index contributed by atoms with van der Waals surface area (Å²) in [6.07, 6.45) is 6.28. The van der Waals surface area contributed by atoms with Crippen molar-refractivity contribution in [1.82, 2.24) is 10.6 Å². The number of aliphatic imine (C=N–C) groups is 1. The van der Waals surface area contributed by atoms with E-state index in [2.05, 4.69) is 22.9 Å². The number of hydrogen-bond donors (Lipinski definition) is 3. The fourth-order valence-corrected chi connectivity index (χ4v) is 4.05. The predicted octanol–water partition coefficient (Wildman–Crippen LogP) is 3.68. The molecule has 1 atom stereocenters. The van der Waals surface area contributed by atoms with E-state index in [-0.39, 0.29) is 36.0 Å². The molecule has 1 heterocycles. The number of guanidine groups is 1. The summed E-state index contributed by atoms with van der Waals surface area (Å²) >= 11 is 0. The van der Waals surface area contributed by atoms with Crippen molar-refractivity contribution >= 4 is 41.5 Å².